The van der Waals surface area contributed by atoms with E-state index in [0.717, 1.165) is 45.2 Å². The highest BCUT2D eigenvalue weighted by Gasteiger charge is 2.23. The number of rotatable bonds is 4. The fourth-order valence-electron chi connectivity index (χ4n) is 2.33. The first kappa shape index (κ1) is 13.1. The minimum atomic E-state index is 0.320. The highest BCUT2D eigenvalue weighted by molar-refractivity contribution is 5.76. The van der Waals surface area contributed by atoms with Crippen LogP contribution in [0.2, 0.25) is 0 Å². The number of hydrogen-bond donors (Lipinski definition) is 0. The maximum atomic E-state index is 11.9. The van der Waals surface area contributed by atoms with Crippen LogP contribution in [0.3, 0.4) is 0 Å². The van der Waals surface area contributed by atoms with Crippen molar-refractivity contribution in [2.24, 2.45) is 11.8 Å². The summed E-state index contributed by atoms with van der Waals surface area (Å²) < 4.78 is 0. The Kier molecular flexibility index (Phi) is 5.38. The van der Waals surface area contributed by atoms with Crippen molar-refractivity contribution in [2.45, 2.75) is 46.0 Å². The molecule has 0 radical (unpaired) electrons. The summed E-state index contributed by atoms with van der Waals surface area (Å²) in [6, 6.07) is 0. The van der Waals surface area contributed by atoms with Crippen LogP contribution in [-0.2, 0) is 4.79 Å². The maximum absolute atomic E-state index is 11.9. The second-order valence-electron chi connectivity index (χ2n) is 5.02. The Morgan fingerprint density at radius 1 is 1.50 bits per heavy atom. The molecule has 2 nitrogen and oxygen atoms in total. The van der Waals surface area contributed by atoms with Crippen molar-refractivity contribution in [3.8, 4) is 12.3 Å². The van der Waals surface area contributed by atoms with Crippen LogP contribution in [0.25, 0.3) is 0 Å². The molecule has 1 saturated heterocycles. The van der Waals surface area contributed by atoms with Gasteiger partial charge in [-0.05, 0) is 31.1 Å². The van der Waals surface area contributed by atoms with Crippen molar-refractivity contribution in [1.29, 1.82) is 0 Å². The predicted octanol–water partition coefficient (Wildman–Crippen LogP) is 2.68. The quantitative estimate of drug-likeness (QED) is 0.528. The van der Waals surface area contributed by atoms with E-state index in [0.29, 0.717) is 17.7 Å². The Morgan fingerprint density at radius 2 is 2.25 bits per heavy atom. The minimum absolute atomic E-state index is 0.320. The SMILES string of the molecule is C#CCCCN1CCC(C(C)C)CCC1=O. The number of nitrogens with zero attached hydrogens (tertiary/aromatic N) is 1. The first-order chi connectivity index (χ1) is 7.65. The van der Waals surface area contributed by atoms with E-state index in [-0.39, 0.29) is 0 Å². The molecule has 1 amide bonds. The number of unbranched alkanes of at least 4 members (excludes halogenated alkanes) is 1. The lowest BCUT2D eigenvalue weighted by molar-refractivity contribution is -0.130. The van der Waals surface area contributed by atoms with Gasteiger partial charge in [-0.1, -0.05) is 13.8 Å². The summed E-state index contributed by atoms with van der Waals surface area (Å²) in [6.07, 6.45) is 9.86. The average molecular weight is 221 g/mol. The van der Waals surface area contributed by atoms with E-state index in [1.807, 2.05) is 4.90 Å². The van der Waals surface area contributed by atoms with Crippen molar-refractivity contribution in [2.75, 3.05) is 13.1 Å². The Labute approximate surface area is 99.4 Å². The molecule has 16 heavy (non-hydrogen) atoms. The summed E-state index contributed by atoms with van der Waals surface area (Å²) in [4.78, 5) is 13.9. The number of likely N-dealkylation sites (tertiary alicyclic amines) is 1. The van der Waals surface area contributed by atoms with Crippen LogP contribution in [-0.4, -0.2) is 23.9 Å². The molecular formula is C14H23NO. The maximum Gasteiger partial charge on any atom is 0.222 e. The van der Waals surface area contributed by atoms with Gasteiger partial charge in [-0.25, -0.2) is 0 Å². The summed E-state index contributed by atoms with van der Waals surface area (Å²) in [5.41, 5.74) is 0. The number of carbonyl (C=O) groups is 1. The van der Waals surface area contributed by atoms with E-state index in [1.165, 1.54) is 0 Å². The second kappa shape index (κ2) is 6.58. The van der Waals surface area contributed by atoms with Gasteiger partial charge >= 0.3 is 0 Å². The van der Waals surface area contributed by atoms with Crippen molar-refractivity contribution < 1.29 is 4.79 Å². The molecule has 0 saturated carbocycles. The van der Waals surface area contributed by atoms with Crippen molar-refractivity contribution in [3.05, 3.63) is 0 Å². The Balaban J connectivity index is 2.42. The summed E-state index contributed by atoms with van der Waals surface area (Å²) >= 11 is 0. The van der Waals surface area contributed by atoms with Crippen molar-refractivity contribution >= 4 is 5.91 Å². The third-order valence-corrected chi connectivity index (χ3v) is 3.54. The van der Waals surface area contributed by atoms with Gasteiger partial charge in [-0.3, -0.25) is 4.79 Å². The fraction of sp³-hybridized carbons (Fsp3) is 0.786. The van der Waals surface area contributed by atoms with E-state index < -0.39 is 0 Å². The lowest BCUT2D eigenvalue weighted by Crippen LogP contribution is -2.31. The second-order valence-corrected chi connectivity index (χ2v) is 5.02. The summed E-state index contributed by atoms with van der Waals surface area (Å²) in [6.45, 7) is 6.27. The van der Waals surface area contributed by atoms with Gasteiger partial charge in [0.25, 0.3) is 0 Å². The molecule has 0 aromatic heterocycles. The highest BCUT2D eigenvalue weighted by atomic mass is 16.2. The van der Waals surface area contributed by atoms with Crippen molar-refractivity contribution in [3.63, 3.8) is 0 Å². The number of amides is 1. The number of carbonyl (C=O) groups excluding carboxylic acids is 1. The van der Waals surface area contributed by atoms with Gasteiger partial charge in [0.1, 0.15) is 0 Å². The summed E-state index contributed by atoms with van der Waals surface area (Å²) in [5, 5.41) is 0. The van der Waals surface area contributed by atoms with Crippen LogP contribution in [0.1, 0.15) is 46.0 Å². The van der Waals surface area contributed by atoms with Crippen LogP contribution in [0.5, 0.6) is 0 Å². The van der Waals surface area contributed by atoms with Gasteiger partial charge in [-0.2, -0.15) is 0 Å². The number of hydrogen-bond acceptors (Lipinski definition) is 1. The molecule has 1 atom stereocenters. The van der Waals surface area contributed by atoms with Gasteiger partial charge < -0.3 is 4.90 Å². The molecule has 0 aromatic carbocycles. The fourth-order valence-corrected chi connectivity index (χ4v) is 2.33. The molecule has 1 aliphatic rings. The van der Waals surface area contributed by atoms with Gasteiger partial charge in [0, 0.05) is 25.9 Å². The molecule has 0 bridgehead atoms. The van der Waals surface area contributed by atoms with E-state index in [4.69, 9.17) is 6.42 Å². The molecule has 1 aliphatic heterocycles. The summed E-state index contributed by atoms with van der Waals surface area (Å²) in [5.74, 6) is 4.35. The minimum Gasteiger partial charge on any atom is -0.343 e. The summed E-state index contributed by atoms with van der Waals surface area (Å²) in [7, 11) is 0. The van der Waals surface area contributed by atoms with E-state index >= 15 is 0 Å². The van der Waals surface area contributed by atoms with E-state index in [1.54, 1.807) is 0 Å². The van der Waals surface area contributed by atoms with Crippen LogP contribution < -0.4 is 0 Å². The molecule has 2 heteroatoms. The molecule has 1 unspecified atom stereocenters. The standard InChI is InChI=1S/C14H23NO/c1-4-5-6-10-15-11-9-13(12(2)3)7-8-14(15)16/h1,12-13H,5-11H2,2-3H3. The largest absolute Gasteiger partial charge is 0.343 e. The third kappa shape index (κ3) is 3.89. The molecule has 0 N–H and O–H groups in total. The monoisotopic (exact) mass is 221 g/mol. The van der Waals surface area contributed by atoms with Gasteiger partial charge in [-0.15, -0.1) is 12.3 Å². The zero-order valence-corrected chi connectivity index (χ0v) is 10.5. The molecule has 0 aromatic rings. The zero-order valence-electron chi connectivity index (χ0n) is 10.5. The molecule has 1 fully saturated rings. The lowest BCUT2D eigenvalue weighted by atomic mass is 9.89. The predicted molar refractivity (Wildman–Crippen MR) is 66.8 cm³/mol. The third-order valence-electron chi connectivity index (χ3n) is 3.54. The Hall–Kier alpha value is -0.970. The van der Waals surface area contributed by atoms with Gasteiger partial charge in [0.2, 0.25) is 5.91 Å². The van der Waals surface area contributed by atoms with E-state index in [9.17, 15) is 4.79 Å². The molecule has 90 valence electrons. The van der Waals surface area contributed by atoms with Crippen molar-refractivity contribution in [1.82, 2.24) is 4.90 Å². The topological polar surface area (TPSA) is 20.3 Å². The van der Waals surface area contributed by atoms with Crippen LogP contribution in [0.15, 0.2) is 0 Å². The molecule has 1 rings (SSSR count). The lowest BCUT2D eigenvalue weighted by Gasteiger charge is -2.21. The molecule has 0 spiro atoms. The molecular weight excluding hydrogens is 198 g/mol. The number of terminal acetylenes is 1. The van der Waals surface area contributed by atoms with Crippen LogP contribution in [0.4, 0.5) is 0 Å². The average Bonchev–Trinajstić information content (AvgIpc) is 2.42. The molecule has 1 heterocycles. The smallest absolute Gasteiger partial charge is 0.222 e. The van der Waals surface area contributed by atoms with Crippen LogP contribution >= 0.6 is 0 Å². The van der Waals surface area contributed by atoms with Gasteiger partial charge in [0.15, 0.2) is 0 Å². The van der Waals surface area contributed by atoms with Gasteiger partial charge in [0.05, 0.1) is 0 Å². The Bertz CT molecular complexity index is 264. The van der Waals surface area contributed by atoms with Crippen LogP contribution in [0, 0.1) is 24.2 Å². The van der Waals surface area contributed by atoms with E-state index in [2.05, 4.69) is 19.8 Å². The first-order valence-corrected chi connectivity index (χ1v) is 6.36. The first-order valence-electron chi connectivity index (χ1n) is 6.36. The molecule has 0 aliphatic carbocycles. The Morgan fingerprint density at radius 3 is 2.88 bits per heavy atom. The zero-order chi connectivity index (χ0) is 12.0. The highest BCUT2D eigenvalue weighted by Crippen LogP contribution is 2.25. The normalized spacial score (nSPS) is 22.0.